The summed E-state index contributed by atoms with van der Waals surface area (Å²) >= 11 is 0. The third-order valence-corrected chi connectivity index (χ3v) is 17.0. The molecular weight excluding hydrogens is 815 g/mol. The lowest BCUT2D eigenvalue weighted by Crippen LogP contribution is -2.64. The molecule has 10 nitrogen and oxygen atoms in total. The van der Waals surface area contributed by atoms with Crippen LogP contribution in [-0.2, 0) is 21.9 Å². The highest BCUT2D eigenvalue weighted by atomic mass is 19.4. The summed E-state index contributed by atoms with van der Waals surface area (Å²) in [5.74, 6) is 3.09. The lowest BCUT2D eigenvalue weighted by atomic mass is 9.44. The number of hydrogen-bond donors (Lipinski definition) is 4. The molecule has 2 saturated heterocycles. The molecule has 6 atom stereocenters. The number of halogens is 6. The van der Waals surface area contributed by atoms with Crippen LogP contribution in [0.3, 0.4) is 0 Å². The zero-order valence-corrected chi connectivity index (χ0v) is 35.6. The molecular formula is C46H60F6N6O4. The molecule has 2 aromatic rings. The van der Waals surface area contributed by atoms with Gasteiger partial charge < -0.3 is 30.6 Å². The summed E-state index contributed by atoms with van der Waals surface area (Å²) in [5.41, 5.74) is -3.55. The molecule has 4 heterocycles. The SMILES string of the molecule is CC1(O)C2CC3CC1CC(C(=O)N[C@H]1CCCN(c4ccc(C(F)(F)F)cn4)C1)(C3)C2.CC1(O)C2CC3CC1CC(C(=O)N[C@H]1CCCN(c4ccc(C(F)(F)F)cn4)C1)(C3)C2. The fourth-order valence-electron chi connectivity index (χ4n) is 13.7. The van der Waals surface area contributed by atoms with E-state index in [2.05, 4.69) is 20.6 Å². The number of aliphatic hydroxyl groups is 2. The van der Waals surface area contributed by atoms with Crippen LogP contribution < -0.4 is 20.4 Å². The topological polar surface area (TPSA) is 131 Å². The van der Waals surface area contributed by atoms with Crippen LogP contribution >= 0.6 is 0 Å². The van der Waals surface area contributed by atoms with Gasteiger partial charge in [0.1, 0.15) is 11.6 Å². The maximum absolute atomic E-state index is 13.4. The molecule has 0 spiro atoms. The summed E-state index contributed by atoms with van der Waals surface area (Å²) in [5, 5.41) is 28.4. The van der Waals surface area contributed by atoms with E-state index in [1.807, 2.05) is 23.6 Å². The number of hydrogen-bond acceptors (Lipinski definition) is 8. The maximum atomic E-state index is 13.4. The van der Waals surface area contributed by atoms with Crippen LogP contribution in [0.1, 0.15) is 115 Å². The Balaban J connectivity index is 0.000000158. The Morgan fingerprint density at radius 3 is 1.27 bits per heavy atom. The molecule has 16 heteroatoms. The number of nitrogens with one attached hydrogen (secondary N) is 2. The van der Waals surface area contributed by atoms with Gasteiger partial charge in [-0.15, -0.1) is 0 Å². The van der Waals surface area contributed by atoms with Crippen molar-refractivity contribution >= 4 is 23.5 Å². The number of aromatic nitrogens is 2. The van der Waals surface area contributed by atoms with Gasteiger partial charge >= 0.3 is 12.4 Å². The van der Waals surface area contributed by atoms with E-state index in [9.17, 15) is 46.1 Å². The van der Waals surface area contributed by atoms with Crippen LogP contribution in [0.2, 0.25) is 0 Å². The second kappa shape index (κ2) is 15.5. The zero-order chi connectivity index (χ0) is 44.0. The second-order valence-electron chi connectivity index (χ2n) is 21.0. The van der Waals surface area contributed by atoms with Crippen molar-refractivity contribution in [2.75, 3.05) is 36.0 Å². The molecule has 10 fully saturated rings. The lowest BCUT2D eigenvalue weighted by molar-refractivity contribution is -0.196. The summed E-state index contributed by atoms with van der Waals surface area (Å²) in [6.45, 7) is 6.42. The van der Waals surface area contributed by atoms with Crippen molar-refractivity contribution in [3.8, 4) is 0 Å². The number of nitrogens with zero attached hydrogens (tertiary/aromatic N) is 4. The van der Waals surface area contributed by atoms with Crippen molar-refractivity contribution in [1.29, 1.82) is 0 Å². The number of carbonyl (C=O) groups is 2. The first-order chi connectivity index (χ1) is 29.1. The van der Waals surface area contributed by atoms with Gasteiger partial charge in [-0.3, -0.25) is 9.59 Å². The van der Waals surface area contributed by atoms with E-state index in [0.29, 0.717) is 49.7 Å². The van der Waals surface area contributed by atoms with E-state index in [1.165, 1.54) is 12.1 Å². The standard InChI is InChI=1S/2C23H30F3N3O2/c2*1-21(31)16-7-14-8-17(21)11-22(9-14,10-16)20(30)28-18-3-2-6-29(13-18)19-5-4-15(12-27-19)23(24,25)26/h2*4-5,12,14,16-18,31H,2-3,6-11,13H2,1H3,(H,28,30)/t2*14?,16?,17?,18-,21?,22?/m00/s1. The largest absolute Gasteiger partial charge is 0.417 e. The number of rotatable bonds is 6. The van der Waals surface area contributed by atoms with Gasteiger partial charge in [-0.05, 0) is 164 Å². The van der Waals surface area contributed by atoms with Crippen molar-refractivity contribution in [2.24, 2.45) is 46.3 Å². The summed E-state index contributed by atoms with van der Waals surface area (Å²) < 4.78 is 76.8. The maximum Gasteiger partial charge on any atom is 0.417 e. The molecule has 10 aliphatic rings. The molecule has 0 radical (unpaired) electrons. The van der Waals surface area contributed by atoms with Crippen LogP contribution in [0.4, 0.5) is 38.0 Å². The normalized spacial score (nSPS) is 39.6. The van der Waals surface area contributed by atoms with Crippen LogP contribution in [0.5, 0.6) is 0 Å². The Bertz CT molecular complexity index is 1810. The Hall–Kier alpha value is -3.66. The molecule has 8 saturated carbocycles. The molecule has 2 amide bonds. The minimum atomic E-state index is -4.40. The van der Waals surface area contributed by atoms with E-state index < -0.39 is 34.7 Å². The van der Waals surface area contributed by atoms with Crippen molar-refractivity contribution in [3.05, 3.63) is 47.8 Å². The van der Waals surface area contributed by atoms with E-state index in [0.717, 1.165) is 114 Å². The Morgan fingerprint density at radius 1 is 0.613 bits per heavy atom. The Labute approximate surface area is 359 Å². The number of piperidine rings is 2. The van der Waals surface area contributed by atoms with Crippen molar-refractivity contribution in [1.82, 2.24) is 20.6 Å². The molecule has 2 aromatic heterocycles. The molecule has 340 valence electrons. The molecule has 8 bridgehead atoms. The fourth-order valence-corrected chi connectivity index (χ4v) is 13.7. The van der Waals surface area contributed by atoms with Crippen molar-refractivity contribution in [3.63, 3.8) is 0 Å². The number of pyridine rings is 2. The molecule has 12 rings (SSSR count). The Kier molecular flexibility index (Phi) is 10.9. The van der Waals surface area contributed by atoms with Crippen LogP contribution in [0.15, 0.2) is 36.7 Å². The molecule has 62 heavy (non-hydrogen) atoms. The highest BCUT2D eigenvalue weighted by Crippen LogP contribution is 2.65. The van der Waals surface area contributed by atoms with Gasteiger partial charge in [-0.1, -0.05) is 0 Å². The molecule has 2 aliphatic heterocycles. The predicted octanol–water partition coefficient (Wildman–Crippen LogP) is 7.53. The zero-order valence-electron chi connectivity index (χ0n) is 35.6. The number of amides is 2. The van der Waals surface area contributed by atoms with Crippen LogP contribution in [0, 0.1) is 46.3 Å². The van der Waals surface area contributed by atoms with Gasteiger partial charge in [0.05, 0.1) is 33.2 Å². The quantitative estimate of drug-likeness (QED) is 0.220. The minimum absolute atomic E-state index is 0.0427. The summed E-state index contributed by atoms with van der Waals surface area (Å²) in [7, 11) is 0. The van der Waals surface area contributed by atoms with Gasteiger partial charge in [-0.2, -0.15) is 26.3 Å². The number of alkyl halides is 6. The first-order valence-electron chi connectivity index (χ1n) is 22.8. The van der Waals surface area contributed by atoms with Crippen LogP contribution in [-0.4, -0.2) is 81.5 Å². The highest BCUT2D eigenvalue weighted by molar-refractivity contribution is 5.84. The molecule has 8 aliphatic carbocycles. The van der Waals surface area contributed by atoms with Gasteiger partial charge in [0.25, 0.3) is 0 Å². The lowest BCUT2D eigenvalue weighted by Gasteiger charge is -2.62. The Morgan fingerprint density at radius 2 is 0.968 bits per heavy atom. The number of carbonyl (C=O) groups excluding carboxylic acids is 2. The third-order valence-electron chi connectivity index (χ3n) is 17.0. The molecule has 0 aromatic carbocycles. The van der Waals surface area contributed by atoms with Crippen molar-refractivity contribution in [2.45, 2.75) is 139 Å². The van der Waals surface area contributed by atoms with Gasteiger partial charge in [0.2, 0.25) is 11.8 Å². The van der Waals surface area contributed by atoms with Crippen LogP contribution in [0.25, 0.3) is 0 Å². The average molecular weight is 875 g/mol. The highest BCUT2D eigenvalue weighted by Gasteiger charge is 2.64. The summed E-state index contributed by atoms with van der Waals surface area (Å²) in [6, 6.07) is 4.86. The van der Waals surface area contributed by atoms with Crippen molar-refractivity contribution < 1.29 is 46.1 Å². The number of anilines is 2. The van der Waals surface area contributed by atoms with E-state index in [-0.39, 0.29) is 58.4 Å². The average Bonchev–Trinajstić information content (AvgIpc) is 3.21. The summed E-state index contributed by atoms with van der Waals surface area (Å²) in [4.78, 5) is 38.8. The molecule has 4 unspecified atom stereocenters. The fraction of sp³-hybridized carbons (Fsp3) is 0.739. The first-order valence-corrected chi connectivity index (χ1v) is 22.8. The van der Waals surface area contributed by atoms with Gasteiger partial charge in [0, 0.05) is 50.7 Å². The van der Waals surface area contributed by atoms with Gasteiger partial charge in [0.15, 0.2) is 0 Å². The van der Waals surface area contributed by atoms with E-state index in [1.54, 1.807) is 0 Å². The molecule has 4 N–H and O–H groups in total. The van der Waals surface area contributed by atoms with E-state index in [4.69, 9.17) is 0 Å². The first kappa shape index (κ1) is 43.6. The predicted molar refractivity (Wildman–Crippen MR) is 218 cm³/mol. The third kappa shape index (κ3) is 8.06. The second-order valence-corrected chi connectivity index (χ2v) is 21.0. The minimum Gasteiger partial charge on any atom is -0.390 e. The van der Waals surface area contributed by atoms with Gasteiger partial charge in [-0.25, -0.2) is 9.97 Å². The van der Waals surface area contributed by atoms with E-state index >= 15 is 0 Å². The summed E-state index contributed by atoms with van der Waals surface area (Å²) in [6.07, 6.45) is 5.33. The monoisotopic (exact) mass is 874 g/mol. The smallest absolute Gasteiger partial charge is 0.390 e.